The van der Waals surface area contributed by atoms with E-state index in [1.54, 1.807) is 7.11 Å². The highest BCUT2D eigenvalue weighted by Crippen LogP contribution is 2.17. The summed E-state index contributed by atoms with van der Waals surface area (Å²) in [6.07, 6.45) is 4.20. The third-order valence-electron chi connectivity index (χ3n) is 2.97. The molecule has 19 heavy (non-hydrogen) atoms. The number of anilines is 1. The lowest BCUT2D eigenvalue weighted by atomic mass is 10.1. The second-order valence-electron chi connectivity index (χ2n) is 4.60. The molecular formula is C17H19NO. The van der Waals surface area contributed by atoms with Crippen LogP contribution in [-0.4, -0.2) is 21.2 Å². The first kappa shape index (κ1) is 13.2. The van der Waals surface area contributed by atoms with Crippen LogP contribution in [-0.2, 0) is 0 Å². The molecule has 2 aromatic rings. The molecule has 0 heterocycles. The Hall–Kier alpha value is -2.22. The molecule has 0 saturated heterocycles. The zero-order valence-electron chi connectivity index (χ0n) is 11.6. The van der Waals surface area contributed by atoms with Gasteiger partial charge < -0.3 is 9.64 Å². The summed E-state index contributed by atoms with van der Waals surface area (Å²) >= 11 is 0. The molecule has 0 aliphatic heterocycles. The van der Waals surface area contributed by atoms with Gasteiger partial charge in [0.1, 0.15) is 5.75 Å². The van der Waals surface area contributed by atoms with E-state index in [0.717, 1.165) is 11.3 Å². The van der Waals surface area contributed by atoms with Crippen molar-refractivity contribution in [1.82, 2.24) is 0 Å². The molecule has 2 rings (SSSR count). The molecule has 0 aromatic heterocycles. The van der Waals surface area contributed by atoms with Crippen LogP contribution in [0.15, 0.2) is 48.5 Å². The fourth-order valence-corrected chi connectivity index (χ4v) is 1.82. The van der Waals surface area contributed by atoms with Gasteiger partial charge in [0.15, 0.2) is 0 Å². The summed E-state index contributed by atoms with van der Waals surface area (Å²) in [7, 11) is 5.77. The van der Waals surface area contributed by atoms with Gasteiger partial charge in [0.05, 0.1) is 7.11 Å². The summed E-state index contributed by atoms with van der Waals surface area (Å²) in [6, 6.07) is 16.5. The second kappa shape index (κ2) is 6.10. The Kier molecular flexibility index (Phi) is 4.24. The SMILES string of the molecule is COc1cccc(C=Cc2ccc(N(C)C)cc2)c1. The third kappa shape index (κ3) is 3.62. The fraction of sp³-hybridized carbons (Fsp3) is 0.176. The van der Waals surface area contributed by atoms with Crippen molar-refractivity contribution < 1.29 is 4.74 Å². The number of hydrogen-bond acceptors (Lipinski definition) is 2. The number of rotatable bonds is 4. The lowest BCUT2D eigenvalue weighted by molar-refractivity contribution is 0.414. The van der Waals surface area contributed by atoms with Crippen LogP contribution in [0.4, 0.5) is 5.69 Å². The number of ether oxygens (including phenoxy) is 1. The molecule has 2 heteroatoms. The summed E-state index contributed by atoms with van der Waals surface area (Å²) in [6.45, 7) is 0. The molecule has 0 spiro atoms. The Labute approximate surface area is 114 Å². The highest BCUT2D eigenvalue weighted by Gasteiger charge is 1.94. The van der Waals surface area contributed by atoms with Gasteiger partial charge in [-0.3, -0.25) is 0 Å². The third-order valence-corrected chi connectivity index (χ3v) is 2.97. The van der Waals surface area contributed by atoms with Crippen molar-refractivity contribution in [2.75, 3.05) is 26.1 Å². The maximum atomic E-state index is 5.21. The predicted molar refractivity (Wildman–Crippen MR) is 82.7 cm³/mol. The average Bonchev–Trinajstić information content (AvgIpc) is 2.46. The van der Waals surface area contributed by atoms with Gasteiger partial charge in [-0.2, -0.15) is 0 Å². The maximum Gasteiger partial charge on any atom is 0.119 e. The summed E-state index contributed by atoms with van der Waals surface area (Å²) in [5.41, 5.74) is 3.53. The van der Waals surface area contributed by atoms with Crippen LogP contribution in [0.5, 0.6) is 5.75 Å². The van der Waals surface area contributed by atoms with Crippen LogP contribution in [0.3, 0.4) is 0 Å². The van der Waals surface area contributed by atoms with E-state index < -0.39 is 0 Å². The Morgan fingerprint density at radius 1 is 0.895 bits per heavy atom. The summed E-state index contributed by atoms with van der Waals surface area (Å²) < 4.78 is 5.21. The molecule has 0 atom stereocenters. The van der Waals surface area contributed by atoms with E-state index in [2.05, 4.69) is 47.4 Å². The first-order chi connectivity index (χ1) is 9.19. The molecule has 0 N–H and O–H groups in total. The van der Waals surface area contributed by atoms with E-state index in [1.807, 2.05) is 32.3 Å². The van der Waals surface area contributed by atoms with E-state index in [0.29, 0.717) is 0 Å². The van der Waals surface area contributed by atoms with Crippen molar-refractivity contribution in [3.8, 4) is 5.75 Å². The molecule has 0 bridgehead atoms. The van der Waals surface area contributed by atoms with Crippen LogP contribution in [0.2, 0.25) is 0 Å². The van der Waals surface area contributed by atoms with Gasteiger partial charge in [0, 0.05) is 19.8 Å². The molecule has 0 saturated carbocycles. The van der Waals surface area contributed by atoms with Crippen LogP contribution in [0.25, 0.3) is 12.2 Å². The molecule has 98 valence electrons. The molecule has 2 nitrogen and oxygen atoms in total. The molecule has 0 radical (unpaired) electrons. The Morgan fingerprint density at radius 2 is 1.58 bits per heavy atom. The predicted octanol–water partition coefficient (Wildman–Crippen LogP) is 3.93. The van der Waals surface area contributed by atoms with Crippen molar-refractivity contribution in [1.29, 1.82) is 0 Å². The van der Waals surface area contributed by atoms with Crippen LogP contribution >= 0.6 is 0 Å². The molecule has 0 unspecified atom stereocenters. The number of nitrogens with zero attached hydrogens (tertiary/aromatic N) is 1. The van der Waals surface area contributed by atoms with E-state index in [1.165, 1.54) is 11.3 Å². The van der Waals surface area contributed by atoms with Gasteiger partial charge in [-0.25, -0.2) is 0 Å². The van der Waals surface area contributed by atoms with Crippen molar-refractivity contribution >= 4 is 17.8 Å². The Bertz CT molecular complexity index is 556. The van der Waals surface area contributed by atoms with Gasteiger partial charge in [-0.15, -0.1) is 0 Å². The van der Waals surface area contributed by atoms with E-state index >= 15 is 0 Å². The number of benzene rings is 2. The van der Waals surface area contributed by atoms with Crippen LogP contribution < -0.4 is 9.64 Å². The molecule has 0 aliphatic rings. The van der Waals surface area contributed by atoms with Crippen LogP contribution in [0, 0.1) is 0 Å². The summed E-state index contributed by atoms with van der Waals surface area (Å²) in [4.78, 5) is 2.09. The minimum absolute atomic E-state index is 0.880. The number of methoxy groups -OCH3 is 1. The largest absolute Gasteiger partial charge is 0.497 e. The summed E-state index contributed by atoms with van der Waals surface area (Å²) in [5, 5.41) is 0. The van der Waals surface area contributed by atoms with E-state index in [9.17, 15) is 0 Å². The fourth-order valence-electron chi connectivity index (χ4n) is 1.82. The summed E-state index contributed by atoms with van der Waals surface area (Å²) in [5.74, 6) is 0.880. The molecular weight excluding hydrogens is 234 g/mol. The topological polar surface area (TPSA) is 12.5 Å². The van der Waals surface area contributed by atoms with E-state index in [-0.39, 0.29) is 0 Å². The smallest absolute Gasteiger partial charge is 0.119 e. The van der Waals surface area contributed by atoms with Crippen molar-refractivity contribution in [3.05, 3.63) is 59.7 Å². The zero-order chi connectivity index (χ0) is 13.7. The number of hydrogen-bond donors (Lipinski definition) is 0. The molecule has 0 amide bonds. The molecule has 2 aromatic carbocycles. The minimum Gasteiger partial charge on any atom is -0.497 e. The van der Waals surface area contributed by atoms with Crippen molar-refractivity contribution in [2.24, 2.45) is 0 Å². The molecule has 0 fully saturated rings. The van der Waals surface area contributed by atoms with Crippen LogP contribution in [0.1, 0.15) is 11.1 Å². The van der Waals surface area contributed by atoms with Gasteiger partial charge in [0.2, 0.25) is 0 Å². The van der Waals surface area contributed by atoms with Gasteiger partial charge in [0.25, 0.3) is 0 Å². The quantitative estimate of drug-likeness (QED) is 0.765. The first-order valence-electron chi connectivity index (χ1n) is 6.28. The van der Waals surface area contributed by atoms with E-state index in [4.69, 9.17) is 4.74 Å². The normalized spacial score (nSPS) is 10.7. The second-order valence-corrected chi connectivity index (χ2v) is 4.60. The van der Waals surface area contributed by atoms with Gasteiger partial charge in [-0.1, -0.05) is 36.4 Å². The average molecular weight is 253 g/mol. The minimum atomic E-state index is 0.880. The van der Waals surface area contributed by atoms with Crippen molar-refractivity contribution in [2.45, 2.75) is 0 Å². The maximum absolute atomic E-state index is 5.21. The van der Waals surface area contributed by atoms with Gasteiger partial charge in [-0.05, 0) is 35.4 Å². The zero-order valence-corrected chi connectivity index (χ0v) is 11.6. The Morgan fingerprint density at radius 3 is 2.21 bits per heavy atom. The lowest BCUT2D eigenvalue weighted by Crippen LogP contribution is -2.07. The van der Waals surface area contributed by atoms with Crippen molar-refractivity contribution in [3.63, 3.8) is 0 Å². The highest BCUT2D eigenvalue weighted by atomic mass is 16.5. The monoisotopic (exact) mass is 253 g/mol. The highest BCUT2D eigenvalue weighted by molar-refractivity contribution is 5.71. The standard InChI is InChI=1S/C17H19NO/c1-18(2)16-11-9-14(10-12-16)7-8-15-5-4-6-17(13-15)19-3/h4-13H,1-3H3. The molecule has 0 aliphatic carbocycles. The Balaban J connectivity index is 2.13. The first-order valence-corrected chi connectivity index (χ1v) is 6.28. The van der Waals surface area contributed by atoms with Gasteiger partial charge >= 0.3 is 0 Å². The lowest BCUT2D eigenvalue weighted by Gasteiger charge is -2.11.